The number of nitrogens with two attached hydrogens (primary N) is 1. The fourth-order valence-corrected chi connectivity index (χ4v) is 2.84. The Morgan fingerprint density at radius 3 is 2.63 bits per heavy atom. The molecule has 1 aliphatic heterocycles. The monoisotopic (exact) mass is 327 g/mol. The number of halogens is 1. The third-order valence-corrected chi connectivity index (χ3v) is 4.02. The van der Waals surface area contributed by atoms with Crippen molar-refractivity contribution in [2.24, 2.45) is 0 Å². The second-order valence-electron chi connectivity index (χ2n) is 4.88. The molecule has 0 atom stereocenters. The van der Waals surface area contributed by atoms with Crippen molar-refractivity contribution in [2.75, 3.05) is 57.1 Å². The molecule has 0 amide bonds. The van der Waals surface area contributed by atoms with Gasteiger partial charge in [-0.15, -0.1) is 0 Å². The first kappa shape index (κ1) is 14.6. The van der Waals surface area contributed by atoms with Crippen LogP contribution in [0.25, 0.3) is 0 Å². The van der Waals surface area contributed by atoms with Gasteiger partial charge in [0, 0.05) is 50.9 Å². The van der Waals surface area contributed by atoms with E-state index in [0.29, 0.717) is 0 Å². The Morgan fingerprint density at radius 2 is 2.00 bits per heavy atom. The van der Waals surface area contributed by atoms with Crippen molar-refractivity contribution in [1.82, 2.24) is 4.90 Å². The fraction of sp³-hybridized carbons (Fsp3) is 0.571. The molecule has 0 saturated carbocycles. The molecule has 2 rings (SSSR count). The number of hydrogen-bond acceptors (Lipinski definition) is 4. The number of anilines is 2. The molecule has 1 heterocycles. The highest BCUT2D eigenvalue weighted by molar-refractivity contribution is 9.10. The molecule has 1 aromatic rings. The van der Waals surface area contributed by atoms with Crippen LogP contribution in [0.1, 0.15) is 6.42 Å². The minimum absolute atomic E-state index is 0.847. The maximum Gasteiger partial charge on any atom is 0.0601 e. The lowest BCUT2D eigenvalue weighted by Gasteiger charge is -2.36. The summed E-state index contributed by atoms with van der Waals surface area (Å²) in [5, 5.41) is 0. The van der Waals surface area contributed by atoms with Gasteiger partial charge in [0.15, 0.2) is 0 Å². The van der Waals surface area contributed by atoms with Crippen molar-refractivity contribution in [1.29, 1.82) is 0 Å². The van der Waals surface area contributed by atoms with E-state index in [1.807, 2.05) is 6.07 Å². The molecule has 0 radical (unpaired) electrons. The van der Waals surface area contributed by atoms with Gasteiger partial charge in [0.2, 0.25) is 0 Å². The number of nitrogen functional groups attached to an aromatic ring is 1. The van der Waals surface area contributed by atoms with Crippen LogP contribution in [0.3, 0.4) is 0 Å². The van der Waals surface area contributed by atoms with Crippen molar-refractivity contribution >= 4 is 27.3 Å². The van der Waals surface area contributed by atoms with Crippen LogP contribution >= 0.6 is 15.9 Å². The van der Waals surface area contributed by atoms with Crippen molar-refractivity contribution in [3.63, 3.8) is 0 Å². The van der Waals surface area contributed by atoms with Crippen LogP contribution in [0.4, 0.5) is 11.4 Å². The zero-order valence-corrected chi connectivity index (χ0v) is 13.0. The topological polar surface area (TPSA) is 41.7 Å². The molecule has 5 heteroatoms. The minimum atomic E-state index is 0.847. The summed E-state index contributed by atoms with van der Waals surface area (Å²) in [6, 6.07) is 6.12. The molecular formula is C14H22BrN3O. The van der Waals surface area contributed by atoms with Crippen molar-refractivity contribution in [3.8, 4) is 0 Å². The smallest absolute Gasteiger partial charge is 0.0601 e. The van der Waals surface area contributed by atoms with E-state index in [-0.39, 0.29) is 0 Å². The second-order valence-corrected chi connectivity index (χ2v) is 5.79. The Morgan fingerprint density at radius 1 is 1.26 bits per heavy atom. The highest BCUT2D eigenvalue weighted by Gasteiger charge is 2.18. The Kier molecular flexibility index (Phi) is 5.48. The largest absolute Gasteiger partial charge is 0.397 e. The van der Waals surface area contributed by atoms with Gasteiger partial charge in [-0.2, -0.15) is 0 Å². The highest BCUT2D eigenvalue weighted by Crippen LogP contribution is 2.27. The van der Waals surface area contributed by atoms with Gasteiger partial charge in [0.25, 0.3) is 0 Å². The SMILES string of the molecule is COCCCN1CCN(c2ccc(Br)cc2N)CC1. The van der Waals surface area contributed by atoms with Crippen LogP contribution in [-0.2, 0) is 4.74 Å². The van der Waals surface area contributed by atoms with Crippen LogP contribution in [0.5, 0.6) is 0 Å². The number of methoxy groups -OCH3 is 1. The van der Waals surface area contributed by atoms with Crippen LogP contribution in [0.15, 0.2) is 22.7 Å². The summed E-state index contributed by atoms with van der Waals surface area (Å²) in [4.78, 5) is 4.86. The first-order chi connectivity index (χ1) is 9.20. The molecule has 4 nitrogen and oxygen atoms in total. The summed E-state index contributed by atoms with van der Waals surface area (Å²) in [7, 11) is 1.76. The van der Waals surface area contributed by atoms with Crippen LogP contribution in [0.2, 0.25) is 0 Å². The average molecular weight is 328 g/mol. The molecule has 2 N–H and O–H groups in total. The number of hydrogen-bond donors (Lipinski definition) is 1. The van der Waals surface area contributed by atoms with Gasteiger partial charge in [0.05, 0.1) is 11.4 Å². The second kappa shape index (κ2) is 7.12. The Balaban J connectivity index is 1.85. The lowest BCUT2D eigenvalue weighted by Crippen LogP contribution is -2.47. The fourth-order valence-electron chi connectivity index (χ4n) is 2.46. The highest BCUT2D eigenvalue weighted by atomic mass is 79.9. The molecule has 1 aromatic carbocycles. The maximum atomic E-state index is 6.08. The molecule has 1 aliphatic rings. The molecule has 19 heavy (non-hydrogen) atoms. The summed E-state index contributed by atoms with van der Waals surface area (Å²) < 4.78 is 6.13. The van der Waals surface area contributed by atoms with E-state index in [9.17, 15) is 0 Å². The predicted octanol–water partition coefficient (Wildman–Crippen LogP) is 2.19. The molecular weight excluding hydrogens is 306 g/mol. The van der Waals surface area contributed by atoms with E-state index in [1.165, 1.54) is 0 Å². The summed E-state index contributed by atoms with van der Waals surface area (Å²) in [5.41, 5.74) is 8.09. The zero-order valence-electron chi connectivity index (χ0n) is 11.4. The van der Waals surface area contributed by atoms with Gasteiger partial charge >= 0.3 is 0 Å². The summed E-state index contributed by atoms with van der Waals surface area (Å²) in [5.74, 6) is 0. The maximum absolute atomic E-state index is 6.08. The standard InChI is InChI=1S/C14H22BrN3O/c1-19-10-2-5-17-6-8-18(9-7-17)14-4-3-12(15)11-13(14)16/h3-4,11H,2,5-10,16H2,1H3. The van der Waals surface area contributed by atoms with Gasteiger partial charge in [-0.1, -0.05) is 15.9 Å². The molecule has 0 spiro atoms. The zero-order chi connectivity index (χ0) is 13.7. The Hall–Kier alpha value is -0.780. The number of nitrogens with zero attached hydrogens (tertiary/aromatic N) is 2. The third-order valence-electron chi connectivity index (χ3n) is 3.53. The summed E-state index contributed by atoms with van der Waals surface area (Å²) in [6.45, 7) is 6.24. The van der Waals surface area contributed by atoms with Gasteiger partial charge in [-0.25, -0.2) is 0 Å². The number of piperazine rings is 1. The Labute approximate surface area is 123 Å². The lowest BCUT2D eigenvalue weighted by molar-refractivity contribution is 0.169. The van der Waals surface area contributed by atoms with E-state index in [1.54, 1.807) is 7.11 Å². The lowest BCUT2D eigenvalue weighted by atomic mass is 10.2. The van der Waals surface area contributed by atoms with Gasteiger partial charge in [-0.05, 0) is 24.6 Å². The summed E-state index contributed by atoms with van der Waals surface area (Å²) in [6.07, 6.45) is 1.11. The van der Waals surface area contributed by atoms with E-state index in [0.717, 1.165) is 61.6 Å². The van der Waals surface area contributed by atoms with E-state index in [4.69, 9.17) is 10.5 Å². The normalized spacial score (nSPS) is 16.8. The van der Waals surface area contributed by atoms with Crippen LogP contribution < -0.4 is 10.6 Å². The van der Waals surface area contributed by atoms with Gasteiger partial charge in [-0.3, -0.25) is 4.90 Å². The molecule has 0 aliphatic carbocycles. The number of benzene rings is 1. The van der Waals surface area contributed by atoms with Crippen molar-refractivity contribution in [3.05, 3.63) is 22.7 Å². The van der Waals surface area contributed by atoms with Gasteiger partial charge in [0.1, 0.15) is 0 Å². The predicted molar refractivity (Wildman–Crippen MR) is 83.7 cm³/mol. The molecule has 1 fully saturated rings. The van der Waals surface area contributed by atoms with Crippen molar-refractivity contribution in [2.45, 2.75) is 6.42 Å². The van der Waals surface area contributed by atoms with Crippen molar-refractivity contribution < 1.29 is 4.74 Å². The molecule has 0 bridgehead atoms. The van der Waals surface area contributed by atoms with E-state index in [2.05, 4.69) is 37.9 Å². The first-order valence-electron chi connectivity index (χ1n) is 6.72. The molecule has 0 aromatic heterocycles. The van der Waals surface area contributed by atoms with E-state index >= 15 is 0 Å². The third kappa shape index (κ3) is 4.09. The average Bonchev–Trinajstić information content (AvgIpc) is 2.40. The molecule has 106 valence electrons. The molecule has 0 unspecified atom stereocenters. The first-order valence-corrected chi connectivity index (χ1v) is 7.51. The quantitative estimate of drug-likeness (QED) is 0.665. The number of rotatable bonds is 5. The van der Waals surface area contributed by atoms with Crippen LogP contribution in [0, 0.1) is 0 Å². The van der Waals surface area contributed by atoms with Gasteiger partial charge < -0.3 is 15.4 Å². The number of ether oxygens (including phenoxy) is 1. The van der Waals surface area contributed by atoms with E-state index < -0.39 is 0 Å². The Bertz CT molecular complexity index is 406. The van der Waals surface area contributed by atoms with Crippen LogP contribution in [-0.4, -0.2) is 51.3 Å². The molecule has 1 saturated heterocycles. The minimum Gasteiger partial charge on any atom is -0.397 e. The summed E-state index contributed by atoms with van der Waals surface area (Å²) >= 11 is 3.45.